The topological polar surface area (TPSA) is 71.8 Å². The Kier molecular flexibility index (Phi) is 3.57. The minimum Gasteiger partial charge on any atom is -0.379 e. The Morgan fingerprint density at radius 3 is 2.61 bits per heavy atom. The number of rotatable bonds is 4. The first kappa shape index (κ1) is 12.1. The molecule has 1 amide bonds. The van der Waals surface area contributed by atoms with Gasteiger partial charge in [-0.15, -0.1) is 5.10 Å². The van der Waals surface area contributed by atoms with Crippen LogP contribution in [0.4, 0.5) is 5.69 Å². The third kappa shape index (κ3) is 2.65. The Balaban J connectivity index is 1.98. The fourth-order valence-corrected chi connectivity index (χ4v) is 1.55. The number of carbonyl (C=O) groups excluding carboxylic acids is 1. The van der Waals surface area contributed by atoms with Crippen molar-refractivity contribution in [3.05, 3.63) is 41.7 Å². The minimum atomic E-state index is -0.0858. The summed E-state index contributed by atoms with van der Waals surface area (Å²) < 4.78 is 1.71. The first-order valence-electron chi connectivity index (χ1n) is 5.60. The van der Waals surface area contributed by atoms with E-state index >= 15 is 0 Å². The molecule has 0 aliphatic heterocycles. The van der Waals surface area contributed by atoms with Crippen molar-refractivity contribution in [2.45, 2.75) is 6.54 Å². The first-order chi connectivity index (χ1) is 8.70. The lowest BCUT2D eigenvalue weighted by Gasteiger charge is -2.06. The van der Waals surface area contributed by atoms with E-state index in [1.807, 2.05) is 19.2 Å². The van der Waals surface area contributed by atoms with E-state index in [0.29, 0.717) is 12.1 Å². The van der Waals surface area contributed by atoms with Gasteiger partial charge in [-0.1, -0.05) is 5.21 Å². The number of aryl methyl sites for hydroxylation is 1. The van der Waals surface area contributed by atoms with Crippen LogP contribution in [0.5, 0.6) is 0 Å². The average Bonchev–Trinajstić information content (AvgIpc) is 2.81. The van der Waals surface area contributed by atoms with Gasteiger partial charge in [0.1, 0.15) is 0 Å². The Labute approximate surface area is 105 Å². The first-order valence-corrected chi connectivity index (χ1v) is 5.60. The normalized spacial score (nSPS) is 10.1. The molecule has 0 unspecified atom stereocenters. The quantitative estimate of drug-likeness (QED) is 0.835. The lowest BCUT2D eigenvalue weighted by Crippen LogP contribution is -2.17. The summed E-state index contributed by atoms with van der Waals surface area (Å²) in [6.07, 6.45) is 1.71. The second-order valence-corrected chi connectivity index (χ2v) is 3.86. The molecule has 0 radical (unpaired) electrons. The van der Waals surface area contributed by atoms with Gasteiger partial charge >= 0.3 is 0 Å². The van der Waals surface area contributed by atoms with Crippen molar-refractivity contribution in [3.63, 3.8) is 0 Å². The molecular weight excluding hydrogens is 230 g/mol. The predicted octanol–water partition coefficient (Wildman–Crippen LogP) is 0.787. The molecule has 2 aromatic rings. The number of nitrogens with zero attached hydrogens (tertiary/aromatic N) is 3. The Bertz CT molecular complexity index is 532. The van der Waals surface area contributed by atoms with Gasteiger partial charge in [0.15, 0.2) is 0 Å². The number of aromatic nitrogens is 3. The van der Waals surface area contributed by atoms with Gasteiger partial charge in [-0.25, -0.2) is 0 Å². The summed E-state index contributed by atoms with van der Waals surface area (Å²) in [5.74, 6) is -0.0858. The van der Waals surface area contributed by atoms with E-state index in [-0.39, 0.29) is 5.91 Å². The van der Waals surface area contributed by atoms with Crippen LogP contribution in [-0.2, 0) is 13.6 Å². The van der Waals surface area contributed by atoms with E-state index in [4.69, 9.17) is 0 Å². The summed E-state index contributed by atoms with van der Waals surface area (Å²) in [7, 11) is 3.46. The van der Waals surface area contributed by atoms with Gasteiger partial charge in [0.25, 0.3) is 5.91 Å². The van der Waals surface area contributed by atoms with Crippen LogP contribution >= 0.6 is 0 Å². The smallest absolute Gasteiger partial charge is 0.251 e. The molecule has 94 valence electrons. The molecule has 6 heteroatoms. The van der Waals surface area contributed by atoms with E-state index in [1.165, 1.54) is 0 Å². The van der Waals surface area contributed by atoms with Crippen molar-refractivity contribution < 1.29 is 4.79 Å². The summed E-state index contributed by atoms with van der Waals surface area (Å²) in [4.78, 5) is 11.4. The van der Waals surface area contributed by atoms with Gasteiger partial charge in [0, 0.05) is 25.3 Å². The highest BCUT2D eigenvalue weighted by Crippen LogP contribution is 2.10. The van der Waals surface area contributed by atoms with Gasteiger partial charge in [0.05, 0.1) is 18.4 Å². The standard InChI is InChI=1S/C12H15N5O/c1-13-12(18)9-3-5-10(6-4-9)14-7-11-8-15-16-17(11)2/h3-6,8,14H,7H2,1-2H3,(H,13,18). The van der Waals surface area contributed by atoms with E-state index < -0.39 is 0 Å². The van der Waals surface area contributed by atoms with Crippen LogP contribution in [0, 0.1) is 0 Å². The zero-order valence-corrected chi connectivity index (χ0v) is 10.3. The second kappa shape index (κ2) is 5.31. The summed E-state index contributed by atoms with van der Waals surface area (Å²) in [5, 5.41) is 13.5. The van der Waals surface area contributed by atoms with Gasteiger partial charge in [-0.3, -0.25) is 9.48 Å². The lowest BCUT2D eigenvalue weighted by molar-refractivity contribution is 0.0963. The molecule has 6 nitrogen and oxygen atoms in total. The monoisotopic (exact) mass is 245 g/mol. The fraction of sp³-hybridized carbons (Fsp3) is 0.250. The number of carbonyl (C=O) groups is 1. The maximum absolute atomic E-state index is 11.4. The molecule has 18 heavy (non-hydrogen) atoms. The zero-order chi connectivity index (χ0) is 13.0. The van der Waals surface area contributed by atoms with Crippen molar-refractivity contribution in [1.82, 2.24) is 20.3 Å². The van der Waals surface area contributed by atoms with E-state index in [2.05, 4.69) is 20.9 Å². The average molecular weight is 245 g/mol. The van der Waals surface area contributed by atoms with Crippen LogP contribution in [0.15, 0.2) is 30.5 Å². The van der Waals surface area contributed by atoms with Crippen LogP contribution in [0.3, 0.4) is 0 Å². The van der Waals surface area contributed by atoms with Gasteiger partial charge in [-0.2, -0.15) is 0 Å². The molecule has 0 aliphatic rings. The van der Waals surface area contributed by atoms with E-state index in [9.17, 15) is 4.79 Å². The highest BCUT2D eigenvalue weighted by atomic mass is 16.1. The van der Waals surface area contributed by atoms with Crippen molar-refractivity contribution in [2.75, 3.05) is 12.4 Å². The third-order valence-electron chi connectivity index (χ3n) is 2.66. The van der Waals surface area contributed by atoms with Crippen LogP contribution in [0.2, 0.25) is 0 Å². The molecule has 0 aliphatic carbocycles. The molecule has 0 fully saturated rings. The molecule has 0 saturated heterocycles. The summed E-state index contributed by atoms with van der Waals surface area (Å²) in [6.45, 7) is 0.642. The van der Waals surface area contributed by atoms with Gasteiger partial charge in [-0.05, 0) is 24.3 Å². The lowest BCUT2D eigenvalue weighted by atomic mass is 10.2. The molecule has 2 N–H and O–H groups in total. The molecule has 1 aromatic heterocycles. The molecule has 0 saturated carbocycles. The SMILES string of the molecule is CNC(=O)c1ccc(NCc2cnnn2C)cc1. The second-order valence-electron chi connectivity index (χ2n) is 3.86. The predicted molar refractivity (Wildman–Crippen MR) is 68.2 cm³/mol. The Morgan fingerprint density at radius 2 is 2.06 bits per heavy atom. The Hall–Kier alpha value is -2.37. The molecule has 0 atom stereocenters. The van der Waals surface area contributed by atoms with Crippen molar-refractivity contribution >= 4 is 11.6 Å². The van der Waals surface area contributed by atoms with Crippen LogP contribution < -0.4 is 10.6 Å². The number of hydrogen-bond acceptors (Lipinski definition) is 4. The number of benzene rings is 1. The minimum absolute atomic E-state index is 0.0858. The number of anilines is 1. The largest absolute Gasteiger partial charge is 0.379 e. The zero-order valence-electron chi connectivity index (χ0n) is 10.3. The van der Waals surface area contributed by atoms with Crippen LogP contribution in [0.25, 0.3) is 0 Å². The van der Waals surface area contributed by atoms with E-state index in [0.717, 1.165) is 11.4 Å². The number of amides is 1. The summed E-state index contributed by atoms with van der Waals surface area (Å²) in [6, 6.07) is 7.30. The third-order valence-corrected chi connectivity index (χ3v) is 2.66. The Morgan fingerprint density at radius 1 is 1.33 bits per heavy atom. The maximum Gasteiger partial charge on any atom is 0.251 e. The van der Waals surface area contributed by atoms with Gasteiger partial charge in [0.2, 0.25) is 0 Å². The molecule has 0 spiro atoms. The van der Waals surface area contributed by atoms with Gasteiger partial charge < -0.3 is 10.6 Å². The molecule has 0 bridgehead atoms. The molecule has 1 aromatic carbocycles. The molecule has 2 rings (SSSR count). The summed E-state index contributed by atoms with van der Waals surface area (Å²) >= 11 is 0. The van der Waals surface area contributed by atoms with Crippen LogP contribution in [-0.4, -0.2) is 27.9 Å². The van der Waals surface area contributed by atoms with E-state index in [1.54, 1.807) is 30.1 Å². The van der Waals surface area contributed by atoms with Crippen LogP contribution in [0.1, 0.15) is 16.1 Å². The fourth-order valence-electron chi connectivity index (χ4n) is 1.55. The number of nitrogens with one attached hydrogen (secondary N) is 2. The highest BCUT2D eigenvalue weighted by Gasteiger charge is 2.03. The van der Waals surface area contributed by atoms with Crippen molar-refractivity contribution in [1.29, 1.82) is 0 Å². The van der Waals surface area contributed by atoms with Crippen molar-refractivity contribution in [3.8, 4) is 0 Å². The molecular formula is C12H15N5O. The number of hydrogen-bond donors (Lipinski definition) is 2. The highest BCUT2D eigenvalue weighted by molar-refractivity contribution is 5.94. The van der Waals surface area contributed by atoms with Crippen molar-refractivity contribution in [2.24, 2.45) is 7.05 Å². The summed E-state index contributed by atoms with van der Waals surface area (Å²) in [5.41, 5.74) is 2.58. The maximum atomic E-state index is 11.4. The molecule has 1 heterocycles.